The van der Waals surface area contributed by atoms with Gasteiger partial charge in [-0.15, -0.1) is 5.10 Å². The average Bonchev–Trinajstić information content (AvgIpc) is 3.03. The minimum absolute atomic E-state index is 0.503. The first-order valence-corrected chi connectivity index (χ1v) is 7.94. The molecule has 0 aromatic carbocycles. The minimum Gasteiger partial charge on any atom is -0.313 e. The van der Waals surface area contributed by atoms with Crippen LogP contribution in [0.1, 0.15) is 52.0 Å². The summed E-state index contributed by atoms with van der Waals surface area (Å²) in [7, 11) is 0. The van der Waals surface area contributed by atoms with E-state index >= 15 is 0 Å². The molecule has 5 nitrogen and oxygen atoms in total. The molecule has 1 aromatic rings. The molecule has 1 aliphatic rings. The molecule has 102 valence electrons. The standard InChI is InChI=1S/C12H23N5S/c1-3-8-13-10(2)9-18-12-14-15-16-17(12)11-6-4-5-7-11/h10-11,13H,3-9H2,1-2H3. The van der Waals surface area contributed by atoms with E-state index in [0.717, 1.165) is 17.5 Å². The lowest BCUT2D eigenvalue weighted by Crippen LogP contribution is -2.28. The largest absolute Gasteiger partial charge is 0.313 e. The molecule has 0 amide bonds. The molecule has 1 atom stereocenters. The number of hydrogen-bond donors (Lipinski definition) is 1. The molecule has 1 fully saturated rings. The summed E-state index contributed by atoms with van der Waals surface area (Å²) in [5, 5.41) is 16.6. The van der Waals surface area contributed by atoms with E-state index in [2.05, 4.69) is 34.7 Å². The van der Waals surface area contributed by atoms with E-state index in [1.54, 1.807) is 11.8 Å². The van der Waals surface area contributed by atoms with Crippen LogP contribution in [0.3, 0.4) is 0 Å². The minimum atomic E-state index is 0.503. The number of thioether (sulfide) groups is 1. The van der Waals surface area contributed by atoms with Crippen molar-refractivity contribution in [1.82, 2.24) is 25.5 Å². The fourth-order valence-electron chi connectivity index (χ4n) is 2.31. The van der Waals surface area contributed by atoms with Gasteiger partial charge < -0.3 is 5.32 Å². The second-order valence-corrected chi connectivity index (χ2v) is 6.00. The van der Waals surface area contributed by atoms with Crippen molar-refractivity contribution in [3.05, 3.63) is 0 Å². The summed E-state index contributed by atoms with van der Waals surface area (Å²) in [6.07, 6.45) is 6.24. The number of tetrazole rings is 1. The van der Waals surface area contributed by atoms with Gasteiger partial charge in [0.2, 0.25) is 5.16 Å². The summed E-state index contributed by atoms with van der Waals surface area (Å²) >= 11 is 1.76. The molecule has 1 saturated carbocycles. The Morgan fingerprint density at radius 3 is 2.94 bits per heavy atom. The molecule has 6 heteroatoms. The van der Waals surface area contributed by atoms with Gasteiger partial charge in [0.05, 0.1) is 6.04 Å². The Balaban J connectivity index is 1.83. The van der Waals surface area contributed by atoms with Crippen molar-refractivity contribution in [2.45, 2.75) is 63.2 Å². The number of nitrogens with one attached hydrogen (secondary N) is 1. The van der Waals surface area contributed by atoms with E-state index < -0.39 is 0 Å². The molecule has 2 rings (SSSR count). The summed E-state index contributed by atoms with van der Waals surface area (Å²) in [6, 6.07) is 1.03. The Labute approximate surface area is 113 Å². The van der Waals surface area contributed by atoms with Crippen LogP contribution < -0.4 is 5.32 Å². The highest BCUT2D eigenvalue weighted by Gasteiger charge is 2.21. The molecule has 0 saturated heterocycles. The van der Waals surface area contributed by atoms with Gasteiger partial charge in [0.15, 0.2) is 0 Å². The highest BCUT2D eigenvalue weighted by molar-refractivity contribution is 7.99. The Morgan fingerprint density at radius 1 is 1.44 bits per heavy atom. The molecule has 0 aliphatic heterocycles. The first-order chi connectivity index (χ1) is 8.81. The number of nitrogens with zero attached hydrogens (tertiary/aromatic N) is 4. The van der Waals surface area contributed by atoms with Gasteiger partial charge in [0.25, 0.3) is 0 Å². The lowest BCUT2D eigenvalue weighted by Gasteiger charge is -2.14. The van der Waals surface area contributed by atoms with Gasteiger partial charge in [0.1, 0.15) is 0 Å². The molecular formula is C12H23N5S. The van der Waals surface area contributed by atoms with Crippen molar-refractivity contribution >= 4 is 11.8 Å². The number of hydrogen-bond acceptors (Lipinski definition) is 5. The molecule has 1 N–H and O–H groups in total. The summed E-state index contributed by atoms with van der Waals surface area (Å²) in [6.45, 7) is 5.48. The van der Waals surface area contributed by atoms with E-state index in [4.69, 9.17) is 0 Å². The second kappa shape index (κ2) is 7.09. The number of aromatic nitrogens is 4. The van der Waals surface area contributed by atoms with E-state index in [1.807, 2.05) is 4.68 Å². The molecule has 0 bridgehead atoms. The first-order valence-electron chi connectivity index (χ1n) is 6.95. The van der Waals surface area contributed by atoms with Gasteiger partial charge in [-0.25, -0.2) is 4.68 Å². The van der Waals surface area contributed by atoms with E-state index in [1.165, 1.54) is 32.1 Å². The third kappa shape index (κ3) is 3.68. The van der Waals surface area contributed by atoms with Crippen LogP contribution in [0.15, 0.2) is 5.16 Å². The van der Waals surface area contributed by atoms with Crippen molar-refractivity contribution in [2.24, 2.45) is 0 Å². The molecule has 1 aliphatic carbocycles. The van der Waals surface area contributed by atoms with E-state index in [0.29, 0.717) is 12.1 Å². The smallest absolute Gasteiger partial charge is 0.209 e. The van der Waals surface area contributed by atoms with Crippen LogP contribution in [0.5, 0.6) is 0 Å². The zero-order valence-corrected chi connectivity index (χ0v) is 12.1. The quantitative estimate of drug-likeness (QED) is 0.770. The van der Waals surface area contributed by atoms with Crippen molar-refractivity contribution in [3.8, 4) is 0 Å². The van der Waals surface area contributed by atoms with Gasteiger partial charge in [-0.3, -0.25) is 0 Å². The Hall–Kier alpha value is -0.620. The zero-order valence-electron chi connectivity index (χ0n) is 11.3. The Morgan fingerprint density at radius 2 is 2.22 bits per heavy atom. The molecule has 18 heavy (non-hydrogen) atoms. The highest BCUT2D eigenvalue weighted by atomic mass is 32.2. The van der Waals surface area contributed by atoms with Gasteiger partial charge in [-0.2, -0.15) is 0 Å². The predicted octanol–water partition coefficient (Wildman–Crippen LogP) is 2.27. The van der Waals surface area contributed by atoms with Crippen LogP contribution in [-0.2, 0) is 0 Å². The zero-order chi connectivity index (χ0) is 12.8. The maximum atomic E-state index is 4.15. The molecule has 1 heterocycles. The topological polar surface area (TPSA) is 55.6 Å². The normalized spacial score (nSPS) is 18.3. The monoisotopic (exact) mass is 269 g/mol. The summed E-state index contributed by atoms with van der Waals surface area (Å²) in [4.78, 5) is 0. The SMILES string of the molecule is CCCNC(C)CSc1nnnn1C1CCCC1. The lowest BCUT2D eigenvalue weighted by atomic mass is 10.3. The predicted molar refractivity (Wildman–Crippen MR) is 73.8 cm³/mol. The lowest BCUT2D eigenvalue weighted by molar-refractivity contribution is 0.423. The molecule has 1 aromatic heterocycles. The second-order valence-electron chi connectivity index (χ2n) is 5.01. The molecule has 1 unspecified atom stereocenters. The van der Waals surface area contributed by atoms with Gasteiger partial charge in [-0.1, -0.05) is 31.5 Å². The van der Waals surface area contributed by atoms with Crippen LogP contribution in [0.4, 0.5) is 0 Å². The fourth-order valence-corrected chi connectivity index (χ4v) is 3.24. The van der Waals surface area contributed by atoms with Crippen LogP contribution in [-0.4, -0.2) is 38.5 Å². The third-order valence-corrected chi connectivity index (χ3v) is 4.53. The molecule has 0 spiro atoms. The van der Waals surface area contributed by atoms with E-state index in [9.17, 15) is 0 Å². The highest BCUT2D eigenvalue weighted by Crippen LogP contribution is 2.31. The van der Waals surface area contributed by atoms with Crippen LogP contribution in [0, 0.1) is 0 Å². The van der Waals surface area contributed by atoms with Crippen LogP contribution in [0.2, 0.25) is 0 Å². The van der Waals surface area contributed by atoms with Crippen molar-refractivity contribution < 1.29 is 0 Å². The van der Waals surface area contributed by atoms with Gasteiger partial charge in [0, 0.05) is 11.8 Å². The van der Waals surface area contributed by atoms with Gasteiger partial charge >= 0.3 is 0 Å². The van der Waals surface area contributed by atoms with Crippen molar-refractivity contribution in [3.63, 3.8) is 0 Å². The maximum Gasteiger partial charge on any atom is 0.209 e. The fraction of sp³-hybridized carbons (Fsp3) is 0.917. The van der Waals surface area contributed by atoms with Crippen LogP contribution >= 0.6 is 11.8 Å². The Bertz CT molecular complexity index is 348. The number of rotatable bonds is 7. The van der Waals surface area contributed by atoms with Crippen molar-refractivity contribution in [1.29, 1.82) is 0 Å². The van der Waals surface area contributed by atoms with Crippen molar-refractivity contribution in [2.75, 3.05) is 12.3 Å². The van der Waals surface area contributed by atoms with Gasteiger partial charge in [-0.05, 0) is 43.2 Å². The third-order valence-electron chi connectivity index (χ3n) is 3.34. The maximum absolute atomic E-state index is 4.15. The van der Waals surface area contributed by atoms with E-state index in [-0.39, 0.29) is 0 Å². The van der Waals surface area contributed by atoms with Crippen LogP contribution in [0.25, 0.3) is 0 Å². The first kappa shape index (κ1) is 13.8. The molecule has 0 radical (unpaired) electrons. The molecular weight excluding hydrogens is 246 g/mol. The average molecular weight is 269 g/mol. The summed E-state index contributed by atoms with van der Waals surface area (Å²) in [5.74, 6) is 1.02. The Kier molecular flexibility index (Phi) is 5.44. The summed E-state index contributed by atoms with van der Waals surface area (Å²) in [5.41, 5.74) is 0. The summed E-state index contributed by atoms with van der Waals surface area (Å²) < 4.78 is 2.03.